The lowest BCUT2D eigenvalue weighted by Gasteiger charge is -2.10. The molecular weight excluding hydrogens is 342 g/mol. The summed E-state index contributed by atoms with van der Waals surface area (Å²) in [6.45, 7) is 0. The van der Waals surface area contributed by atoms with E-state index in [-0.39, 0.29) is 21.8 Å². The number of hydrogen-bond acceptors (Lipinski definition) is 3. The van der Waals surface area contributed by atoms with Gasteiger partial charge in [0.25, 0.3) is 0 Å². The third kappa shape index (κ3) is 2.84. The minimum Gasteiger partial charge on any atom is -0.371 e. The van der Waals surface area contributed by atoms with Crippen molar-refractivity contribution in [2.45, 2.75) is 0 Å². The molecule has 0 atom stereocenters. The molecule has 0 saturated carbocycles. The van der Waals surface area contributed by atoms with Crippen molar-refractivity contribution in [2.24, 2.45) is 0 Å². The van der Waals surface area contributed by atoms with E-state index < -0.39 is 23.3 Å². The quantitative estimate of drug-likeness (QED) is 0.644. The van der Waals surface area contributed by atoms with Crippen molar-refractivity contribution in [3.05, 3.63) is 45.9 Å². The van der Waals surface area contributed by atoms with Gasteiger partial charge in [-0.25, -0.2) is 22.5 Å². The number of pyridine rings is 1. The number of halogens is 5. The summed E-state index contributed by atoms with van der Waals surface area (Å²) in [5.74, 6) is -4.18. The van der Waals surface area contributed by atoms with E-state index in [0.29, 0.717) is 12.1 Å². The zero-order valence-corrected chi connectivity index (χ0v) is 11.7. The highest BCUT2D eigenvalue weighted by Gasteiger charge is 2.14. The third-order valence-corrected chi connectivity index (χ3v) is 3.04. The topological polar surface area (TPSA) is 37.0 Å². The Morgan fingerprint density at radius 2 is 1.50 bits per heavy atom. The third-order valence-electron chi connectivity index (χ3n) is 2.43. The molecule has 0 aliphatic heterocycles. The van der Waals surface area contributed by atoms with Crippen LogP contribution < -0.4 is 10.6 Å². The lowest BCUT2D eigenvalue weighted by molar-refractivity contribution is 0.576. The second kappa shape index (κ2) is 5.66. The van der Waals surface area contributed by atoms with Crippen molar-refractivity contribution in [3.8, 4) is 0 Å². The largest absolute Gasteiger partial charge is 0.371 e. The molecule has 2 rings (SSSR count). The van der Waals surface area contributed by atoms with Crippen LogP contribution in [0.25, 0.3) is 0 Å². The summed E-state index contributed by atoms with van der Waals surface area (Å²) in [4.78, 5) is 3.63. The lowest BCUT2D eigenvalue weighted by atomic mass is 10.3. The first-order valence-electron chi connectivity index (χ1n) is 5.37. The van der Waals surface area contributed by atoms with Crippen LogP contribution in [0.3, 0.4) is 0 Å². The van der Waals surface area contributed by atoms with Crippen molar-refractivity contribution in [2.75, 3.05) is 17.7 Å². The highest BCUT2D eigenvalue weighted by Crippen LogP contribution is 2.28. The standard InChI is InChI=1S/C12H8BrF4N3/c1-18-11-8(16)4-9(17)12(20-11)19-10-2-5(13)6(14)3-7(10)15/h2-4H,1H3,(H2,18,19,20). The summed E-state index contributed by atoms with van der Waals surface area (Å²) in [6.07, 6.45) is 0. The van der Waals surface area contributed by atoms with Crippen LogP contribution in [0.1, 0.15) is 0 Å². The Balaban J connectivity index is 2.42. The van der Waals surface area contributed by atoms with Gasteiger partial charge in [0.2, 0.25) is 0 Å². The second-order valence-corrected chi connectivity index (χ2v) is 4.62. The van der Waals surface area contributed by atoms with Crippen LogP contribution >= 0.6 is 15.9 Å². The molecule has 3 nitrogen and oxygen atoms in total. The molecule has 0 saturated heterocycles. The van der Waals surface area contributed by atoms with E-state index in [2.05, 4.69) is 31.5 Å². The predicted molar refractivity (Wildman–Crippen MR) is 71.0 cm³/mol. The average molecular weight is 350 g/mol. The summed E-state index contributed by atoms with van der Waals surface area (Å²) >= 11 is 2.88. The molecule has 0 aliphatic rings. The fraction of sp³-hybridized carbons (Fsp3) is 0.0833. The fourth-order valence-corrected chi connectivity index (χ4v) is 1.82. The van der Waals surface area contributed by atoms with Gasteiger partial charge in [-0.15, -0.1) is 0 Å². The molecule has 0 bridgehead atoms. The number of nitrogens with zero attached hydrogens (tertiary/aromatic N) is 1. The first-order valence-corrected chi connectivity index (χ1v) is 6.17. The zero-order valence-electron chi connectivity index (χ0n) is 10.1. The second-order valence-electron chi connectivity index (χ2n) is 3.77. The van der Waals surface area contributed by atoms with Crippen LogP contribution in [0, 0.1) is 23.3 Å². The zero-order chi connectivity index (χ0) is 14.9. The first-order chi connectivity index (χ1) is 9.42. The molecule has 2 aromatic rings. The van der Waals surface area contributed by atoms with Crippen LogP contribution in [0.4, 0.5) is 34.9 Å². The molecule has 1 aromatic carbocycles. The van der Waals surface area contributed by atoms with Crippen LogP contribution in [0.2, 0.25) is 0 Å². The Kier molecular flexibility index (Phi) is 4.12. The number of benzene rings is 1. The van der Waals surface area contributed by atoms with Crippen LogP contribution in [-0.2, 0) is 0 Å². The number of rotatable bonds is 3. The van der Waals surface area contributed by atoms with E-state index >= 15 is 0 Å². The monoisotopic (exact) mass is 349 g/mol. The summed E-state index contributed by atoms with van der Waals surface area (Å²) < 4.78 is 53.4. The molecule has 8 heteroatoms. The van der Waals surface area contributed by atoms with Crippen molar-refractivity contribution in [1.82, 2.24) is 4.98 Å². The summed E-state index contributed by atoms with van der Waals surface area (Å²) in [6, 6.07) is 2.33. The molecule has 0 fully saturated rings. The minimum atomic E-state index is -0.999. The fourth-order valence-electron chi connectivity index (χ4n) is 1.48. The van der Waals surface area contributed by atoms with E-state index in [1.165, 1.54) is 7.05 Å². The molecule has 0 spiro atoms. The van der Waals surface area contributed by atoms with Gasteiger partial charge < -0.3 is 10.6 Å². The van der Waals surface area contributed by atoms with Gasteiger partial charge in [-0.2, -0.15) is 0 Å². The lowest BCUT2D eigenvalue weighted by Crippen LogP contribution is -2.04. The number of anilines is 3. The van der Waals surface area contributed by atoms with Gasteiger partial charge in [0, 0.05) is 19.2 Å². The molecule has 0 unspecified atom stereocenters. The van der Waals surface area contributed by atoms with E-state index in [4.69, 9.17) is 0 Å². The summed E-state index contributed by atoms with van der Waals surface area (Å²) in [5.41, 5.74) is -0.196. The van der Waals surface area contributed by atoms with Gasteiger partial charge in [0.1, 0.15) is 11.6 Å². The summed E-state index contributed by atoms with van der Waals surface area (Å²) in [5, 5.41) is 4.77. The molecule has 1 heterocycles. The molecule has 0 aliphatic carbocycles. The van der Waals surface area contributed by atoms with Crippen molar-refractivity contribution in [3.63, 3.8) is 0 Å². The van der Waals surface area contributed by atoms with E-state index in [9.17, 15) is 17.6 Å². The maximum absolute atomic E-state index is 13.6. The van der Waals surface area contributed by atoms with Crippen molar-refractivity contribution < 1.29 is 17.6 Å². The van der Waals surface area contributed by atoms with E-state index in [1.54, 1.807) is 0 Å². The van der Waals surface area contributed by atoms with E-state index in [0.717, 1.165) is 6.07 Å². The van der Waals surface area contributed by atoms with Crippen molar-refractivity contribution >= 4 is 33.3 Å². The Hall–Kier alpha value is -1.83. The Bertz CT molecular complexity index is 664. The van der Waals surface area contributed by atoms with Gasteiger partial charge in [-0.05, 0) is 22.0 Å². The Labute approximate surface area is 120 Å². The number of nitrogens with one attached hydrogen (secondary N) is 2. The predicted octanol–water partition coefficient (Wildman–Crippen LogP) is 4.19. The van der Waals surface area contributed by atoms with Crippen LogP contribution in [0.5, 0.6) is 0 Å². The molecule has 20 heavy (non-hydrogen) atoms. The van der Waals surface area contributed by atoms with Crippen molar-refractivity contribution in [1.29, 1.82) is 0 Å². The normalized spacial score (nSPS) is 10.5. The average Bonchev–Trinajstić information content (AvgIpc) is 2.38. The highest BCUT2D eigenvalue weighted by atomic mass is 79.9. The van der Waals surface area contributed by atoms with Crippen LogP contribution in [-0.4, -0.2) is 12.0 Å². The molecule has 0 amide bonds. The van der Waals surface area contributed by atoms with Gasteiger partial charge in [0.05, 0.1) is 10.2 Å². The molecule has 2 N–H and O–H groups in total. The van der Waals surface area contributed by atoms with Gasteiger partial charge >= 0.3 is 0 Å². The van der Waals surface area contributed by atoms with Gasteiger partial charge in [0.15, 0.2) is 23.3 Å². The maximum atomic E-state index is 13.6. The SMILES string of the molecule is CNc1nc(Nc2cc(Br)c(F)cc2F)c(F)cc1F. The Morgan fingerprint density at radius 3 is 2.15 bits per heavy atom. The first kappa shape index (κ1) is 14.6. The number of aromatic nitrogens is 1. The summed E-state index contributed by atoms with van der Waals surface area (Å²) in [7, 11) is 1.40. The van der Waals surface area contributed by atoms with Gasteiger partial charge in [-0.3, -0.25) is 0 Å². The molecule has 1 aromatic heterocycles. The van der Waals surface area contributed by atoms with Gasteiger partial charge in [-0.1, -0.05) is 0 Å². The molecule has 106 valence electrons. The Morgan fingerprint density at radius 1 is 0.900 bits per heavy atom. The molecule has 0 radical (unpaired) electrons. The highest BCUT2D eigenvalue weighted by molar-refractivity contribution is 9.10. The van der Waals surface area contributed by atoms with Crippen LogP contribution in [0.15, 0.2) is 22.7 Å². The maximum Gasteiger partial charge on any atom is 0.169 e. The smallest absolute Gasteiger partial charge is 0.169 e. The number of hydrogen-bond donors (Lipinski definition) is 2. The minimum absolute atomic E-state index is 0.00207. The van der Waals surface area contributed by atoms with E-state index in [1.807, 2.05) is 0 Å². The molecular formula is C12H8BrF4N3.